The van der Waals surface area contributed by atoms with Crippen LogP contribution < -0.4 is 19.3 Å². The number of benzene rings is 4. The van der Waals surface area contributed by atoms with Crippen molar-refractivity contribution in [1.82, 2.24) is 0 Å². The van der Waals surface area contributed by atoms with E-state index in [1.807, 2.05) is 48.5 Å². The highest BCUT2D eigenvalue weighted by Gasteiger charge is 2.70. The first kappa shape index (κ1) is 33.5. The van der Waals surface area contributed by atoms with Crippen LogP contribution in [0.15, 0.2) is 103 Å². The molecule has 0 spiro atoms. The second-order valence-electron chi connectivity index (χ2n) is 13.4. The highest BCUT2D eigenvalue weighted by atomic mass is 127. The molecule has 51 heavy (non-hydrogen) atoms. The van der Waals surface area contributed by atoms with Crippen molar-refractivity contribution in [3.63, 3.8) is 0 Å². The van der Waals surface area contributed by atoms with Crippen LogP contribution in [-0.2, 0) is 24.6 Å². The lowest BCUT2D eigenvalue weighted by Crippen LogP contribution is -2.53. The van der Waals surface area contributed by atoms with Crippen LogP contribution in [-0.4, -0.2) is 43.0 Å². The van der Waals surface area contributed by atoms with Crippen LogP contribution in [0.5, 0.6) is 17.2 Å². The number of rotatable bonds is 6. The molecule has 2 heterocycles. The van der Waals surface area contributed by atoms with E-state index >= 15 is 4.79 Å². The molecule has 2 aliphatic carbocycles. The molecule has 4 aromatic rings. The van der Waals surface area contributed by atoms with Gasteiger partial charge in [0.05, 0.1) is 48.8 Å². The third-order valence-corrected chi connectivity index (χ3v) is 12.0. The Balaban J connectivity index is 1.38. The topological polar surface area (TPSA) is 113 Å². The number of phenolic OH excluding ortho intramolecular Hbond substituents is 1. The van der Waals surface area contributed by atoms with E-state index in [1.165, 1.54) is 24.0 Å². The van der Waals surface area contributed by atoms with Gasteiger partial charge in [-0.1, -0.05) is 59.6 Å². The van der Waals surface area contributed by atoms with Gasteiger partial charge in [-0.3, -0.25) is 24.1 Å². The summed E-state index contributed by atoms with van der Waals surface area (Å²) in [6.07, 6.45) is 2.43. The number of amides is 4. The van der Waals surface area contributed by atoms with Gasteiger partial charge in [0.1, 0.15) is 0 Å². The van der Waals surface area contributed by atoms with Crippen LogP contribution in [0.3, 0.4) is 0 Å². The maximum absolute atomic E-state index is 15.4. The minimum Gasteiger partial charge on any atom is -0.502 e. The highest BCUT2D eigenvalue weighted by molar-refractivity contribution is 14.1. The SMILES string of the molecule is COc1cc([C@H]2C3=CC[C@@H]4C(=O)N(c5ccc(I)cc5)C(=O)[C@@H]4[C@@H]3C[C@H]3C(=O)N(c4cccc(Cl)c4)C(=O)[C@@]23c2ccccc2)cc(OC)c1O. The van der Waals surface area contributed by atoms with E-state index in [1.54, 1.807) is 48.5 Å². The van der Waals surface area contributed by atoms with Crippen molar-refractivity contribution >= 4 is 69.2 Å². The summed E-state index contributed by atoms with van der Waals surface area (Å²) in [5.74, 6) is -5.09. The van der Waals surface area contributed by atoms with Gasteiger partial charge in [0.2, 0.25) is 29.4 Å². The summed E-state index contributed by atoms with van der Waals surface area (Å²) in [5.41, 5.74) is 1.33. The first-order valence-corrected chi connectivity index (χ1v) is 18.0. The predicted octanol–water partition coefficient (Wildman–Crippen LogP) is 7.03. The van der Waals surface area contributed by atoms with E-state index in [0.717, 1.165) is 9.14 Å². The van der Waals surface area contributed by atoms with Crippen LogP contribution in [0.4, 0.5) is 11.4 Å². The van der Waals surface area contributed by atoms with Gasteiger partial charge in [-0.05, 0) is 107 Å². The number of phenols is 1. The average molecular weight is 815 g/mol. The lowest BCUT2D eigenvalue weighted by molar-refractivity contribution is -0.127. The van der Waals surface area contributed by atoms with Crippen molar-refractivity contribution in [2.75, 3.05) is 24.0 Å². The first-order valence-electron chi connectivity index (χ1n) is 16.6. The lowest BCUT2D eigenvalue weighted by atomic mass is 9.49. The Morgan fingerprint density at radius 3 is 2.12 bits per heavy atom. The van der Waals surface area contributed by atoms with Gasteiger partial charge in [-0.2, -0.15) is 0 Å². The molecule has 6 atom stereocenters. The van der Waals surface area contributed by atoms with E-state index in [4.69, 9.17) is 21.1 Å². The van der Waals surface area contributed by atoms with E-state index < -0.39 is 46.8 Å². The summed E-state index contributed by atoms with van der Waals surface area (Å²) in [6, 6.07) is 26.5. The van der Waals surface area contributed by atoms with Crippen LogP contribution in [0.25, 0.3) is 0 Å². The molecular formula is C40H32ClIN2O7. The minimum atomic E-state index is -1.48. The molecule has 9 nitrogen and oxygen atoms in total. The molecule has 2 aliphatic heterocycles. The van der Waals surface area contributed by atoms with Crippen molar-refractivity contribution in [3.05, 3.63) is 122 Å². The number of ether oxygens (including phenoxy) is 2. The Bertz CT molecular complexity index is 2130. The summed E-state index contributed by atoms with van der Waals surface area (Å²) in [7, 11) is 2.85. The number of fused-ring (bicyclic) bond motifs is 4. The Morgan fingerprint density at radius 2 is 1.47 bits per heavy atom. The number of aromatic hydroxyl groups is 1. The summed E-state index contributed by atoms with van der Waals surface area (Å²) in [4.78, 5) is 61.4. The number of imide groups is 2. The zero-order valence-electron chi connectivity index (χ0n) is 27.6. The molecule has 2 saturated heterocycles. The van der Waals surface area contributed by atoms with E-state index in [2.05, 4.69) is 22.6 Å². The van der Waals surface area contributed by atoms with Gasteiger partial charge < -0.3 is 14.6 Å². The van der Waals surface area contributed by atoms with Crippen molar-refractivity contribution in [3.8, 4) is 17.2 Å². The van der Waals surface area contributed by atoms with Crippen molar-refractivity contribution in [2.24, 2.45) is 23.7 Å². The molecule has 3 fully saturated rings. The quantitative estimate of drug-likeness (QED) is 0.126. The molecule has 8 rings (SSSR count). The minimum absolute atomic E-state index is 0.126. The molecular weight excluding hydrogens is 783 g/mol. The number of methoxy groups -OCH3 is 2. The van der Waals surface area contributed by atoms with Crippen LogP contribution in [0, 0.1) is 27.2 Å². The fourth-order valence-electron chi connectivity index (χ4n) is 9.04. The Labute approximate surface area is 312 Å². The number of halogens is 2. The second kappa shape index (κ2) is 12.5. The molecule has 0 unspecified atom stereocenters. The van der Waals surface area contributed by atoms with E-state index in [-0.39, 0.29) is 41.9 Å². The molecule has 4 aromatic carbocycles. The average Bonchev–Trinajstić information content (AvgIpc) is 3.53. The van der Waals surface area contributed by atoms with E-state index in [0.29, 0.717) is 27.5 Å². The first-order chi connectivity index (χ1) is 24.6. The number of anilines is 2. The molecule has 0 aromatic heterocycles. The Hall–Kier alpha value is -4.68. The zero-order valence-corrected chi connectivity index (χ0v) is 30.5. The van der Waals surface area contributed by atoms with Crippen molar-refractivity contribution in [2.45, 2.75) is 24.2 Å². The zero-order chi connectivity index (χ0) is 35.8. The second-order valence-corrected chi connectivity index (χ2v) is 15.0. The standard InChI is InChI=1S/C40H32ClIN2O7/c1-50-31-17-21(18-32(51-2)35(31)45)34-27-15-16-28-33(38(48)43(36(28)46)25-13-11-24(42)12-14-25)29(27)20-30-37(47)44(26-10-6-9-23(41)19-26)39(49)40(30,34)22-7-4-3-5-8-22/h3-15,17-19,28-30,33-34,45H,16,20H2,1-2H3/t28-,29+,30-,33-,34-,40+/m0/s1. The van der Waals surface area contributed by atoms with Gasteiger partial charge in [-0.25, -0.2) is 4.90 Å². The fourth-order valence-corrected chi connectivity index (χ4v) is 9.59. The van der Waals surface area contributed by atoms with E-state index in [9.17, 15) is 19.5 Å². The number of nitrogens with zero attached hydrogens (tertiary/aromatic N) is 2. The molecule has 11 heteroatoms. The maximum Gasteiger partial charge on any atom is 0.246 e. The third-order valence-electron chi connectivity index (χ3n) is 11.1. The number of carbonyl (C=O) groups excluding carboxylic acids is 4. The lowest BCUT2D eigenvalue weighted by Gasteiger charge is -2.50. The largest absolute Gasteiger partial charge is 0.502 e. The van der Waals surface area contributed by atoms with Gasteiger partial charge in [0.15, 0.2) is 11.5 Å². The van der Waals surface area contributed by atoms with Crippen LogP contribution in [0.1, 0.15) is 29.9 Å². The smallest absolute Gasteiger partial charge is 0.246 e. The summed E-state index contributed by atoms with van der Waals surface area (Å²) in [5, 5.41) is 11.3. The number of carbonyl (C=O) groups is 4. The summed E-state index contributed by atoms with van der Waals surface area (Å²) >= 11 is 8.59. The monoisotopic (exact) mass is 814 g/mol. The number of allylic oxidation sites excluding steroid dienone is 2. The fraction of sp³-hybridized carbons (Fsp3) is 0.250. The summed E-state index contributed by atoms with van der Waals surface area (Å²) < 4.78 is 12.2. The summed E-state index contributed by atoms with van der Waals surface area (Å²) in [6.45, 7) is 0. The van der Waals surface area contributed by atoms with Gasteiger partial charge in [-0.15, -0.1) is 0 Å². The Kier molecular flexibility index (Phi) is 8.22. The molecule has 258 valence electrons. The molecule has 0 radical (unpaired) electrons. The molecule has 4 amide bonds. The van der Waals surface area contributed by atoms with Gasteiger partial charge in [0, 0.05) is 14.5 Å². The molecule has 1 N–H and O–H groups in total. The van der Waals surface area contributed by atoms with Gasteiger partial charge >= 0.3 is 0 Å². The predicted molar refractivity (Wildman–Crippen MR) is 199 cm³/mol. The van der Waals surface area contributed by atoms with Crippen LogP contribution >= 0.6 is 34.2 Å². The Morgan fingerprint density at radius 1 is 0.784 bits per heavy atom. The normalized spacial score (nSPS) is 26.8. The number of hydrogen-bond donors (Lipinski definition) is 1. The van der Waals surface area contributed by atoms with Gasteiger partial charge in [0.25, 0.3) is 0 Å². The molecule has 1 saturated carbocycles. The van der Waals surface area contributed by atoms with Crippen molar-refractivity contribution < 1.29 is 33.8 Å². The van der Waals surface area contributed by atoms with Crippen LogP contribution in [0.2, 0.25) is 5.02 Å². The highest BCUT2D eigenvalue weighted by Crippen LogP contribution is 2.65. The maximum atomic E-state index is 15.4. The third kappa shape index (κ3) is 4.86. The van der Waals surface area contributed by atoms with Crippen molar-refractivity contribution in [1.29, 1.82) is 0 Å². The number of hydrogen-bond acceptors (Lipinski definition) is 7. The molecule has 4 aliphatic rings. The molecule has 0 bridgehead atoms.